The van der Waals surface area contributed by atoms with Crippen molar-refractivity contribution in [3.05, 3.63) is 0 Å². The molecule has 6 heteroatoms. The third-order valence-corrected chi connectivity index (χ3v) is 3.36. The van der Waals surface area contributed by atoms with E-state index in [2.05, 4.69) is 17.2 Å². The van der Waals surface area contributed by atoms with Crippen molar-refractivity contribution in [2.75, 3.05) is 26.3 Å². The Morgan fingerprint density at radius 3 is 2.61 bits per heavy atom. The molecule has 0 radical (unpaired) electrons. The van der Waals surface area contributed by atoms with Crippen LogP contribution in [0.25, 0.3) is 0 Å². The van der Waals surface area contributed by atoms with E-state index in [0.29, 0.717) is 38.6 Å². The zero-order valence-corrected chi connectivity index (χ0v) is 11.1. The molecule has 1 heterocycles. The summed E-state index contributed by atoms with van der Waals surface area (Å²) in [6.45, 7) is 4.37. The standard InChI is InChI=1S/C12H24N4O2/c1-2-3-6-15-11(14)16-9-12(10(13)17)4-7-18-8-5-12/h2-9H2,1H3,(H2,13,17)(H3,14,15,16). The number of hydrogen-bond donors (Lipinski definition) is 3. The summed E-state index contributed by atoms with van der Waals surface area (Å²) in [7, 11) is 0. The molecular weight excluding hydrogens is 232 g/mol. The van der Waals surface area contributed by atoms with Gasteiger partial charge in [0.25, 0.3) is 0 Å². The van der Waals surface area contributed by atoms with Crippen LogP contribution in [-0.2, 0) is 9.53 Å². The number of nitrogens with two attached hydrogens (primary N) is 2. The molecule has 1 amide bonds. The van der Waals surface area contributed by atoms with Crippen LogP contribution in [0.15, 0.2) is 4.99 Å². The monoisotopic (exact) mass is 256 g/mol. The number of ether oxygens (including phenoxy) is 1. The highest BCUT2D eigenvalue weighted by atomic mass is 16.5. The van der Waals surface area contributed by atoms with Crippen molar-refractivity contribution < 1.29 is 9.53 Å². The second-order valence-electron chi connectivity index (χ2n) is 4.74. The van der Waals surface area contributed by atoms with Gasteiger partial charge in [-0.15, -0.1) is 0 Å². The van der Waals surface area contributed by atoms with E-state index in [0.717, 1.165) is 19.4 Å². The van der Waals surface area contributed by atoms with Gasteiger partial charge >= 0.3 is 0 Å². The van der Waals surface area contributed by atoms with Crippen molar-refractivity contribution in [2.24, 2.45) is 21.9 Å². The Hall–Kier alpha value is -1.30. The van der Waals surface area contributed by atoms with Crippen molar-refractivity contribution >= 4 is 11.9 Å². The summed E-state index contributed by atoms with van der Waals surface area (Å²) in [5.41, 5.74) is 10.6. The van der Waals surface area contributed by atoms with E-state index < -0.39 is 5.41 Å². The predicted molar refractivity (Wildman–Crippen MR) is 71.1 cm³/mol. The number of unbranched alkanes of at least 4 members (excludes halogenated alkanes) is 1. The maximum Gasteiger partial charge on any atom is 0.225 e. The molecule has 0 aliphatic carbocycles. The van der Waals surface area contributed by atoms with E-state index in [-0.39, 0.29) is 5.91 Å². The van der Waals surface area contributed by atoms with Crippen molar-refractivity contribution in [1.82, 2.24) is 5.32 Å². The molecule has 1 fully saturated rings. The molecular formula is C12H24N4O2. The lowest BCUT2D eigenvalue weighted by Gasteiger charge is -2.32. The Kier molecular flexibility index (Phi) is 5.91. The average Bonchev–Trinajstić information content (AvgIpc) is 2.37. The van der Waals surface area contributed by atoms with Crippen LogP contribution in [0.2, 0.25) is 0 Å². The number of carbonyl (C=O) groups excluding carboxylic acids is 1. The van der Waals surface area contributed by atoms with Crippen LogP contribution < -0.4 is 16.8 Å². The zero-order chi connectivity index (χ0) is 13.4. The molecule has 1 aliphatic rings. The van der Waals surface area contributed by atoms with Crippen molar-refractivity contribution in [3.8, 4) is 0 Å². The van der Waals surface area contributed by atoms with Crippen molar-refractivity contribution in [1.29, 1.82) is 0 Å². The number of amides is 1. The molecule has 18 heavy (non-hydrogen) atoms. The molecule has 1 aliphatic heterocycles. The lowest BCUT2D eigenvalue weighted by atomic mass is 9.79. The first-order valence-corrected chi connectivity index (χ1v) is 6.52. The molecule has 0 aromatic carbocycles. The third kappa shape index (κ3) is 4.18. The summed E-state index contributed by atoms with van der Waals surface area (Å²) >= 11 is 0. The summed E-state index contributed by atoms with van der Waals surface area (Å²) in [5, 5.41) is 3.02. The number of nitrogens with zero attached hydrogens (tertiary/aromatic N) is 1. The molecule has 1 saturated heterocycles. The fraction of sp³-hybridized carbons (Fsp3) is 0.833. The first kappa shape index (κ1) is 14.8. The molecule has 0 bridgehead atoms. The highest BCUT2D eigenvalue weighted by molar-refractivity contribution is 5.82. The minimum atomic E-state index is -0.588. The number of aliphatic imine (C=N–C) groups is 1. The van der Waals surface area contributed by atoms with Gasteiger partial charge < -0.3 is 21.5 Å². The third-order valence-electron chi connectivity index (χ3n) is 3.36. The number of carbonyl (C=O) groups is 1. The minimum Gasteiger partial charge on any atom is -0.381 e. The maximum atomic E-state index is 11.6. The quantitative estimate of drug-likeness (QED) is 0.353. The van der Waals surface area contributed by atoms with Gasteiger partial charge in [0.1, 0.15) is 0 Å². The molecule has 6 nitrogen and oxygen atoms in total. The molecule has 5 N–H and O–H groups in total. The fourth-order valence-electron chi connectivity index (χ4n) is 1.93. The van der Waals surface area contributed by atoms with Crippen molar-refractivity contribution in [2.45, 2.75) is 32.6 Å². The summed E-state index contributed by atoms with van der Waals surface area (Å²) in [4.78, 5) is 15.8. The van der Waals surface area contributed by atoms with Crippen molar-refractivity contribution in [3.63, 3.8) is 0 Å². The zero-order valence-electron chi connectivity index (χ0n) is 11.1. The van der Waals surface area contributed by atoms with Gasteiger partial charge in [0.2, 0.25) is 5.91 Å². The Bertz CT molecular complexity index is 298. The van der Waals surface area contributed by atoms with Gasteiger partial charge in [0, 0.05) is 19.8 Å². The van der Waals surface area contributed by atoms with E-state index in [1.807, 2.05) is 0 Å². The average molecular weight is 256 g/mol. The lowest BCUT2D eigenvalue weighted by molar-refractivity contribution is -0.132. The van der Waals surface area contributed by atoms with Crippen LogP contribution >= 0.6 is 0 Å². The Morgan fingerprint density at radius 1 is 1.39 bits per heavy atom. The van der Waals surface area contributed by atoms with E-state index in [4.69, 9.17) is 16.2 Å². The van der Waals surface area contributed by atoms with Gasteiger partial charge in [-0.2, -0.15) is 0 Å². The molecule has 104 valence electrons. The van der Waals surface area contributed by atoms with E-state index in [1.165, 1.54) is 0 Å². The number of hydrogen-bond acceptors (Lipinski definition) is 3. The van der Waals surface area contributed by atoms with Gasteiger partial charge in [-0.1, -0.05) is 13.3 Å². The van der Waals surface area contributed by atoms with Gasteiger partial charge in [-0.3, -0.25) is 9.79 Å². The maximum absolute atomic E-state index is 11.6. The summed E-state index contributed by atoms with van der Waals surface area (Å²) < 4.78 is 5.26. The van der Waals surface area contributed by atoms with Crippen LogP contribution in [0, 0.1) is 5.41 Å². The summed E-state index contributed by atoms with van der Waals surface area (Å²) in [5.74, 6) is 0.0754. The highest BCUT2D eigenvalue weighted by Crippen LogP contribution is 2.30. The Balaban J connectivity index is 2.51. The van der Waals surface area contributed by atoms with Crippen LogP contribution in [0.4, 0.5) is 0 Å². The predicted octanol–water partition coefficient (Wildman–Crippen LogP) is -0.0271. The molecule has 0 spiro atoms. The van der Waals surface area contributed by atoms with Gasteiger partial charge in [-0.05, 0) is 19.3 Å². The van der Waals surface area contributed by atoms with E-state index >= 15 is 0 Å². The van der Waals surface area contributed by atoms with Crippen LogP contribution in [-0.4, -0.2) is 38.2 Å². The second kappa shape index (κ2) is 7.20. The molecule has 0 aromatic heterocycles. The number of primary amides is 1. The topological polar surface area (TPSA) is 103 Å². The first-order valence-electron chi connectivity index (χ1n) is 6.52. The first-order chi connectivity index (χ1) is 8.60. The fourth-order valence-corrected chi connectivity index (χ4v) is 1.93. The number of guanidine groups is 1. The van der Waals surface area contributed by atoms with Gasteiger partial charge in [0.05, 0.1) is 12.0 Å². The van der Waals surface area contributed by atoms with Crippen LogP contribution in [0.3, 0.4) is 0 Å². The Labute approximate surface area is 108 Å². The Morgan fingerprint density at radius 2 is 2.06 bits per heavy atom. The minimum absolute atomic E-state index is 0.309. The summed E-state index contributed by atoms with van der Waals surface area (Å²) in [6, 6.07) is 0. The highest BCUT2D eigenvalue weighted by Gasteiger charge is 2.38. The van der Waals surface area contributed by atoms with Gasteiger partial charge in [0.15, 0.2) is 5.96 Å². The normalized spacial score (nSPS) is 19.5. The molecule has 0 atom stereocenters. The van der Waals surface area contributed by atoms with E-state index in [9.17, 15) is 4.79 Å². The van der Waals surface area contributed by atoms with Crippen LogP contribution in [0.1, 0.15) is 32.6 Å². The smallest absolute Gasteiger partial charge is 0.225 e. The molecule has 0 aromatic rings. The second-order valence-corrected chi connectivity index (χ2v) is 4.74. The number of rotatable bonds is 6. The molecule has 1 rings (SSSR count). The summed E-state index contributed by atoms with van der Waals surface area (Å²) in [6.07, 6.45) is 3.38. The SMILES string of the molecule is CCCCNC(N)=NCC1(C(N)=O)CCOCC1. The lowest BCUT2D eigenvalue weighted by Crippen LogP contribution is -2.45. The molecule has 0 unspecified atom stereocenters. The largest absolute Gasteiger partial charge is 0.381 e. The van der Waals surface area contributed by atoms with Crippen LogP contribution in [0.5, 0.6) is 0 Å². The molecule has 0 saturated carbocycles. The van der Waals surface area contributed by atoms with Gasteiger partial charge in [-0.25, -0.2) is 0 Å². The number of nitrogens with one attached hydrogen (secondary N) is 1. The van der Waals surface area contributed by atoms with E-state index in [1.54, 1.807) is 0 Å².